The maximum Gasteiger partial charge on any atom is 0.328 e. The third kappa shape index (κ3) is 3.02. The van der Waals surface area contributed by atoms with E-state index >= 15 is 0 Å². The van der Waals surface area contributed by atoms with Crippen molar-refractivity contribution < 1.29 is 18.7 Å². The molecule has 0 bridgehead atoms. The Hall–Kier alpha value is -2.69. The Morgan fingerprint density at radius 3 is 2.38 bits per heavy atom. The highest BCUT2D eigenvalue weighted by atomic mass is 19.1. The van der Waals surface area contributed by atoms with Gasteiger partial charge in [0.1, 0.15) is 11.9 Å². The van der Waals surface area contributed by atoms with E-state index in [1.807, 2.05) is 30.3 Å². The number of carbonyl (C=O) groups excluding carboxylic acids is 2. The third-order valence-corrected chi connectivity index (χ3v) is 4.31. The van der Waals surface area contributed by atoms with E-state index in [0.717, 1.165) is 11.1 Å². The molecule has 0 saturated carbocycles. The van der Waals surface area contributed by atoms with Crippen LogP contribution in [0.25, 0.3) is 0 Å². The Morgan fingerprint density at radius 1 is 1.12 bits per heavy atom. The lowest BCUT2D eigenvalue weighted by atomic mass is 9.96. The predicted octanol–water partition coefficient (Wildman–Crippen LogP) is 3.08. The van der Waals surface area contributed by atoms with E-state index in [4.69, 9.17) is 4.74 Å². The molecule has 2 aromatic rings. The van der Waals surface area contributed by atoms with Crippen molar-refractivity contribution in [3.05, 3.63) is 71.5 Å². The molecule has 0 N–H and O–H groups in total. The van der Waals surface area contributed by atoms with Crippen LogP contribution in [0.3, 0.4) is 0 Å². The van der Waals surface area contributed by atoms with Gasteiger partial charge in [-0.3, -0.25) is 4.79 Å². The fourth-order valence-corrected chi connectivity index (χ4v) is 3.19. The molecule has 1 amide bonds. The van der Waals surface area contributed by atoms with Gasteiger partial charge in [-0.15, -0.1) is 0 Å². The Balaban J connectivity index is 2.08. The van der Waals surface area contributed by atoms with Gasteiger partial charge in [-0.2, -0.15) is 0 Å². The number of nitrogens with zero attached hydrogens (tertiary/aromatic N) is 1. The highest BCUT2D eigenvalue weighted by Gasteiger charge is 2.42. The Morgan fingerprint density at radius 2 is 1.75 bits per heavy atom. The number of esters is 1. The van der Waals surface area contributed by atoms with Crippen molar-refractivity contribution in [3.8, 4) is 0 Å². The first-order valence-electron chi connectivity index (χ1n) is 7.81. The normalized spacial score (nSPS) is 18.5. The second-order valence-electron chi connectivity index (χ2n) is 5.74. The van der Waals surface area contributed by atoms with Gasteiger partial charge >= 0.3 is 5.97 Å². The maximum atomic E-state index is 13.3. The van der Waals surface area contributed by atoms with Gasteiger partial charge < -0.3 is 9.64 Å². The van der Waals surface area contributed by atoms with Crippen LogP contribution in [0.5, 0.6) is 0 Å². The minimum absolute atomic E-state index is 0.108. The summed E-state index contributed by atoms with van der Waals surface area (Å²) in [6, 6.07) is 14.4. The molecule has 0 aromatic heterocycles. The van der Waals surface area contributed by atoms with Crippen molar-refractivity contribution in [1.82, 2.24) is 4.90 Å². The smallest absolute Gasteiger partial charge is 0.328 e. The SMILES string of the molecule is COC(=O)C1CCC(=O)N1C(c1ccccc1)c1ccc(F)cc1. The van der Waals surface area contributed by atoms with Crippen molar-refractivity contribution in [2.24, 2.45) is 0 Å². The zero-order valence-electron chi connectivity index (χ0n) is 13.3. The quantitative estimate of drug-likeness (QED) is 0.811. The number of carbonyl (C=O) groups is 2. The average molecular weight is 327 g/mol. The number of hydrogen-bond donors (Lipinski definition) is 0. The first kappa shape index (κ1) is 16.2. The number of hydrogen-bond acceptors (Lipinski definition) is 3. The summed E-state index contributed by atoms with van der Waals surface area (Å²) in [5, 5.41) is 0. The van der Waals surface area contributed by atoms with Crippen LogP contribution < -0.4 is 0 Å². The van der Waals surface area contributed by atoms with Gasteiger partial charge in [0.25, 0.3) is 0 Å². The van der Waals surface area contributed by atoms with Crippen molar-refractivity contribution >= 4 is 11.9 Å². The molecular formula is C19H18FNO3. The third-order valence-electron chi connectivity index (χ3n) is 4.31. The summed E-state index contributed by atoms with van der Waals surface area (Å²) in [6.07, 6.45) is 0.723. The van der Waals surface area contributed by atoms with E-state index < -0.39 is 18.1 Å². The number of likely N-dealkylation sites (tertiary alicyclic amines) is 1. The largest absolute Gasteiger partial charge is 0.467 e. The van der Waals surface area contributed by atoms with Crippen LogP contribution in [0.2, 0.25) is 0 Å². The molecule has 0 aliphatic carbocycles. The zero-order valence-corrected chi connectivity index (χ0v) is 13.3. The fraction of sp³-hybridized carbons (Fsp3) is 0.263. The minimum atomic E-state index is -0.627. The van der Waals surface area contributed by atoms with E-state index in [2.05, 4.69) is 0 Å². The van der Waals surface area contributed by atoms with E-state index in [9.17, 15) is 14.0 Å². The first-order chi connectivity index (χ1) is 11.6. The number of ether oxygens (including phenoxy) is 1. The molecule has 1 saturated heterocycles. The summed E-state index contributed by atoms with van der Waals surface area (Å²) in [5.41, 5.74) is 1.63. The van der Waals surface area contributed by atoms with Gasteiger partial charge in [0.2, 0.25) is 5.91 Å². The maximum absolute atomic E-state index is 13.3. The molecule has 1 fully saturated rings. The van der Waals surface area contributed by atoms with Crippen molar-refractivity contribution in [3.63, 3.8) is 0 Å². The van der Waals surface area contributed by atoms with Crippen LogP contribution in [0.15, 0.2) is 54.6 Å². The molecule has 24 heavy (non-hydrogen) atoms. The Kier molecular flexibility index (Phi) is 4.60. The Labute approximate surface area is 139 Å². The molecule has 0 spiro atoms. The molecule has 3 rings (SSSR count). The molecule has 1 heterocycles. The minimum Gasteiger partial charge on any atom is -0.467 e. The highest BCUT2D eigenvalue weighted by Crippen LogP contribution is 2.35. The molecule has 4 nitrogen and oxygen atoms in total. The average Bonchev–Trinajstić information content (AvgIpc) is 2.99. The van der Waals surface area contributed by atoms with Gasteiger partial charge in [0.05, 0.1) is 13.2 Å². The second kappa shape index (κ2) is 6.83. The predicted molar refractivity (Wildman–Crippen MR) is 86.6 cm³/mol. The van der Waals surface area contributed by atoms with Gasteiger partial charge in [-0.05, 0) is 29.7 Å². The lowest BCUT2D eigenvalue weighted by molar-refractivity contribution is -0.150. The molecule has 2 atom stereocenters. The molecule has 124 valence electrons. The van der Waals surface area contributed by atoms with Crippen molar-refractivity contribution in [1.29, 1.82) is 0 Å². The van der Waals surface area contributed by atoms with Crippen LogP contribution in [0, 0.1) is 5.82 Å². The Bertz CT molecular complexity index is 730. The summed E-state index contributed by atoms with van der Waals surface area (Å²) in [6.45, 7) is 0. The number of methoxy groups -OCH3 is 1. The summed E-state index contributed by atoms with van der Waals surface area (Å²) < 4.78 is 18.2. The summed E-state index contributed by atoms with van der Waals surface area (Å²) in [5.74, 6) is -0.879. The van der Waals surface area contributed by atoms with E-state index in [1.165, 1.54) is 19.2 Å². The van der Waals surface area contributed by atoms with Gasteiger partial charge in [0.15, 0.2) is 0 Å². The van der Waals surface area contributed by atoms with Gasteiger partial charge in [-0.25, -0.2) is 9.18 Å². The lowest BCUT2D eigenvalue weighted by Crippen LogP contribution is -2.42. The monoisotopic (exact) mass is 327 g/mol. The van der Waals surface area contributed by atoms with Crippen LogP contribution in [-0.2, 0) is 14.3 Å². The molecular weight excluding hydrogens is 309 g/mol. The number of rotatable bonds is 4. The molecule has 0 radical (unpaired) electrons. The molecule has 1 aliphatic heterocycles. The fourth-order valence-electron chi connectivity index (χ4n) is 3.19. The van der Waals surface area contributed by atoms with Crippen LogP contribution in [0.4, 0.5) is 4.39 Å². The number of benzene rings is 2. The van der Waals surface area contributed by atoms with E-state index in [0.29, 0.717) is 12.8 Å². The zero-order chi connectivity index (χ0) is 17.1. The van der Waals surface area contributed by atoms with Crippen LogP contribution in [0.1, 0.15) is 30.0 Å². The summed E-state index contributed by atoms with van der Waals surface area (Å²) >= 11 is 0. The first-order valence-corrected chi connectivity index (χ1v) is 7.81. The topological polar surface area (TPSA) is 46.6 Å². The molecule has 2 aromatic carbocycles. The van der Waals surface area contributed by atoms with Gasteiger partial charge in [-0.1, -0.05) is 42.5 Å². The molecule has 1 aliphatic rings. The van der Waals surface area contributed by atoms with Crippen LogP contribution >= 0.6 is 0 Å². The highest BCUT2D eigenvalue weighted by molar-refractivity contribution is 5.88. The second-order valence-corrected chi connectivity index (χ2v) is 5.74. The van der Waals surface area contributed by atoms with Crippen molar-refractivity contribution in [2.45, 2.75) is 24.9 Å². The van der Waals surface area contributed by atoms with E-state index in [-0.39, 0.29) is 11.7 Å². The van der Waals surface area contributed by atoms with Crippen molar-refractivity contribution in [2.75, 3.05) is 7.11 Å². The van der Waals surface area contributed by atoms with E-state index in [1.54, 1.807) is 17.0 Å². The van der Waals surface area contributed by atoms with Crippen LogP contribution in [-0.4, -0.2) is 29.9 Å². The number of amides is 1. The standard InChI is InChI=1S/C19H18FNO3/c1-24-19(23)16-11-12-17(22)21(16)18(13-5-3-2-4-6-13)14-7-9-15(20)10-8-14/h2-10,16,18H,11-12H2,1H3. The molecule has 2 unspecified atom stereocenters. The number of halogens is 1. The molecule has 5 heteroatoms. The summed E-state index contributed by atoms with van der Waals surface area (Å²) in [7, 11) is 1.32. The lowest BCUT2D eigenvalue weighted by Gasteiger charge is -2.32. The summed E-state index contributed by atoms with van der Waals surface area (Å²) in [4.78, 5) is 26.2. The van der Waals surface area contributed by atoms with Gasteiger partial charge in [0, 0.05) is 6.42 Å².